The smallest absolute Gasteiger partial charge is 0.333 e. The van der Waals surface area contributed by atoms with Gasteiger partial charge in [0.05, 0.1) is 23.5 Å². The number of halogens is 1. The number of amides is 1. The summed E-state index contributed by atoms with van der Waals surface area (Å²) in [7, 11) is 0. The summed E-state index contributed by atoms with van der Waals surface area (Å²) in [5.74, 6) is -0.316. The number of esters is 1. The molecule has 1 aromatic heterocycles. The molecular formula is C34H37ClN4O4. The zero-order valence-corrected chi connectivity index (χ0v) is 25.5. The summed E-state index contributed by atoms with van der Waals surface area (Å²) in [5.41, 5.74) is 8.63. The third kappa shape index (κ3) is 7.58. The van der Waals surface area contributed by atoms with Crippen LogP contribution in [0.4, 0.5) is 0 Å². The van der Waals surface area contributed by atoms with E-state index < -0.39 is 12.0 Å². The summed E-state index contributed by atoms with van der Waals surface area (Å²) in [5, 5.41) is 0.923. The molecule has 2 N–H and O–H groups in total. The van der Waals surface area contributed by atoms with Crippen LogP contribution in [0.3, 0.4) is 0 Å². The first-order valence-corrected chi connectivity index (χ1v) is 14.6. The van der Waals surface area contributed by atoms with Gasteiger partial charge in [-0.05, 0) is 67.3 Å². The lowest BCUT2D eigenvalue weighted by Crippen LogP contribution is -2.42. The van der Waals surface area contributed by atoms with Crippen LogP contribution in [-0.4, -0.2) is 39.4 Å². The molecule has 4 rings (SSSR count). The van der Waals surface area contributed by atoms with Crippen molar-refractivity contribution in [2.45, 2.75) is 46.4 Å². The van der Waals surface area contributed by atoms with Gasteiger partial charge in [0, 0.05) is 22.7 Å². The Bertz CT molecular complexity index is 1670. The van der Waals surface area contributed by atoms with Crippen molar-refractivity contribution in [2.24, 2.45) is 11.7 Å². The standard InChI is InChI=1S/C34H37ClN4O4/c1-22(2)30(38(18-8-17-36)32(40)26-13-11-25(12-14-26)21-43-34(42)23(3)4)31-37-29-19-27(35)15-16-28(29)33(41)39(31)20-24-9-6-5-7-10-24/h5-7,9-16,19,22,30H,3,8,17-18,20-21,36H2,1-2,4H3. The van der Waals surface area contributed by atoms with Gasteiger partial charge < -0.3 is 15.4 Å². The zero-order valence-electron chi connectivity index (χ0n) is 24.8. The molecule has 0 saturated carbocycles. The Kier molecular flexibility index (Phi) is 10.5. The molecular weight excluding hydrogens is 564 g/mol. The van der Waals surface area contributed by atoms with E-state index in [9.17, 15) is 14.4 Å². The summed E-state index contributed by atoms with van der Waals surface area (Å²) in [6.45, 7) is 10.3. The number of ether oxygens (including phenoxy) is 1. The van der Waals surface area contributed by atoms with Gasteiger partial charge >= 0.3 is 5.97 Å². The van der Waals surface area contributed by atoms with Crippen molar-refractivity contribution in [2.75, 3.05) is 13.1 Å². The Labute approximate surface area is 256 Å². The highest BCUT2D eigenvalue weighted by molar-refractivity contribution is 6.31. The van der Waals surface area contributed by atoms with Crippen LogP contribution >= 0.6 is 11.6 Å². The second kappa shape index (κ2) is 14.3. The molecule has 8 nitrogen and oxygen atoms in total. The normalized spacial score (nSPS) is 11.9. The highest BCUT2D eigenvalue weighted by Gasteiger charge is 2.32. The molecule has 0 saturated heterocycles. The van der Waals surface area contributed by atoms with Crippen molar-refractivity contribution < 1.29 is 14.3 Å². The first kappa shape index (κ1) is 31.7. The predicted molar refractivity (Wildman–Crippen MR) is 170 cm³/mol. The van der Waals surface area contributed by atoms with Crippen LogP contribution in [0.5, 0.6) is 0 Å². The molecule has 9 heteroatoms. The average molecular weight is 601 g/mol. The fourth-order valence-corrected chi connectivity index (χ4v) is 5.13. The maximum atomic E-state index is 14.2. The van der Waals surface area contributed by atoms with Crippen LogP contribution in [0.25, 0.3) is 10.9 Å². The lowest BCUT2D eigenvalue weighted by molar-refractivity contribution is -0.140. The van der Waals surface area contributed by atoms with Crippen LogP contribution in [-0.2, 0) is 22.7 Å². The van der Waals surface area contributed by atoms with Crippen molar-refractivity contribution in [3.8, 4) is 0 Å². The van der Waals surface area contributed by atoms with E-state index >= 15 is 0 Å². The molecule has 43 heavy (non-hydrogen) atoms. The van der Waals surface area contributed by atoms with Gasteiger partial charge in [0.2, 0.25) is 0 Å². The Morgan fingerprint density at radius 1 is 1.05 bits per heavy atom. The number of hydrogen-bond acceptors (Lipinski definition) is 6. The van der Waals surface area contributed by atoms with Gasteiger partial charge in [-0.3, -0.25) is 14.2 Å². The first-order valence-electron chi connectivity index (χ1n) is 14.3. The summed E-state index contributed by atoms with van der Waals surface area (Å²) in [6, 6.07) is 21.1. The third-order valence-electron chi connectivity index (χ3n) is 7.15. The van der Waals surface area contributed by atoms with E-state index in [1.165, 1.54) is 0 Å². The van der Waals surface area contributed by atoms with Gasteiger partial charge in [-0.25, -0.2) is 9.78 Å². The second-order valence-electron chi connectivity index (χ2n) is 10.9. The SMILES string of the molecule is C=C(C)C(=O)OCc1ccc(C(=O)N(CCCN)C(c2nc3cc(Cl)ccc3c(=O)n2Cc2ccccc2)C(C)C)cc1. The fraction of sp³-hybridized carbons (Fsp3) is 0.294. The minimum atomic E-state index is -0.546. The Morgan fingerprint density at radius 3 is 2.37 bits per heavy atom. The van der Waals surface area contributed by atoms with E-state index in [2.05, 4.69) is 6.58 Å². The fourth-order valence-electron chi connectivity index (χ4n) is 4.96. The van der Waals surface area contributed by atoms with Gasteiger partial charge in [-0.1, -0.05) is 74.5 Å². The van der Waals surface area contributed by atoms with Crippen LogP contribution in [0, 0.1) is 5.92 Å². The van der Waals surface area contributed by atoms with Crippen LogP contribution in [0.2, 0.25) is 5.02 Å². The molecule has 0 spiro atoms. The average Bonchev–Trinajstić information content (AvgIpc) is 2.99. The molecule has 0 aliphatic rings. The van der Waals surface area contributed by atoms with Crippen molar-refractivity contribution in [3.05, 3.63) is 123 Å². The maximum absolute atomic E-state index is 14.2. The molecule has 0 fully saturated rings. The summed E-state index contributed by atoms with van der Waals surface area (Å²) < 4.78 is 6.90. The topological polar surface area (TPSA) is 108 Å². The molecule has 4 aromatic rings. The van der Waals surface area contributed by atoms with Crippen LogP contribution < -0.4 is 11.3 Å². The largest absolute Gasteiger partial charge is 0.457 e. The van der Waals surface area contributed by atoms with Crippen molar-refractivity contribution >= 4 is 34.4 Å². The number of nitrogens with two attached hydrogens (primary N) is 1. The van der Waals surface area contributed by atoms with E-state index in [4.69, 9.17) is 27.1 Å². The third-order valence-corrected chi connectivity index (χ3v) is 7.38. The van der Waals surface area contributed by atoms with Crippen molar-refractivity contribution in [1.29, 1.82) is 0 Å². The monoisotopic (exact) mass is 600 g/mol. The second-order valence-corrected chi connectivity index (χ2v) is 11.3. The van der Waals surface area contributed by atoms with Gasteiger partial charge in [0.15, 0.2) is 0 Å². The van der Waals surface area contributed by atoms with E-state index in [0.717, 1.165) is 11.1 Å². The molecule has 1 amide bonds. The Morgan fingerprint density at radius 2 is 1.74 bits per heavy atom. The lowest BCUT2D eigenvalue weighted by atomic mass is 9.98. The lowest BCUT2D eigenvalue weighted by Gasteiger charge is -2.35. The summed E-state index contributed by atoms with van der Waals surface area (Å²) in [6.07, 6.45) is 0.562. The van der Waals surface area contributed by atoms with Gasteiger partial charge in [0.25, 0.3) is 11.5 Å². The minimum Gasteiger partial charge on any atom is -0.457 e. The number of benzene rings is 3. The highest BCUT2D eigenvalue weighted by Crippen LogP contribution is 2.31. The quantitative estimate of drug-likeness (QED) is 0.160. The van der Waals surface area contributed by atoms with E-state index in [1.807, 2.05) is 44.2 Å². The van der Waals surface area contributed by atoms with Crippen LogP contribution in [0.15, 0.2) is 89.7 Å². The number of nitrogens with zero attached hydrogens (tertiary/aromatic N) is 3. The van der Waals surface area contributed by atoms with Crippen molar-refractivity contribution in [1.82, 2.24) is 14.5 Å². The number of hydrogen-bond donors (Lipinski definition) is 1. The molecule has 1 heterocycles. The maximum Gasteiger partial charge on any atom is 0.333 e. The van der Waals surface area contributed by atoms with E-state index in [0.29, 0.717) is 58.9 Å². The predicted octanol–water partition coefficient (Wildman–Crippen LogP) is 5.91. The number of rotatable bonds is 12. The van der Waals surface area contributed by atoms with E-state index in [1.54, 1.807) is 58.9 Å². The molecule has 1 unspecified atom stereocenters. The minimum absolute atomic E-state index is 0.0704. The van der Waals surface area contributed by atoms with E-state index in [-0.39, 0.29) is 24.0 Å². The molecule has 1 atom stereocenters. The number of carbonyl (C=O) groups is 2. The molecule has 0 bridgehead atoms. The van der Waals surface area contributed by atoms with Crippen LogP contribution in [0.1, 0.15) is 60.5 Å². The van der Waals surface area contributed by atoms with Gasteiger partial charge in [0.1, 0.15) is 12.4 Å². The Balaban J connectivity index is 1.79. The number of fused-ring (bicyclic) bond motifs is 1. The first-order chi connectivity index (χ1) is 20.6. The number of aromatic nitrogens is 2. The molecule has 224 valence electrons. The zero-order chi connectivity index (χ0) is 31.1. The summed E-state index contributed by atoms with van der Waals surface area (Å²) >= 11 is 6.31. The van der Waals surface area contributed by atoms with Gasteiger partial charge in [-0.2, -0.15) is 0 Å². The van der Waals surface area contributed by atoms with Crippen molar-refractivity contribution in [3.63, 3.8) is 0 Å². The molecule has 0 aliphatic carbocycles. The summed E-state index contributed by atoms with van der Waals surface area (Å²) in [4.78, 5) is 46.7. The molecule has 0 aliphatic heterocycles. The highest BCUT2D eigenvalue weighted by atomic mass is 35.5. The Hall–Kier alpha value is -4.27. The number of carbonyl (C=O) groups excluding carboxylic acids is 2. The van der Waals surface area contributed by atoms with Gasteiger partial charge in [-0.15, -0.1) is 0 Å². The molecule has 0 radical (unpaired) electrons. The molecule has 3 aromatic carbocycles.